The zero-order valence-electron chi connectivity index (χ0n) is 17.4. The van der Waals surface area contributed by atoms with Gasteiger partial charge in [0.25, 0.3) is 0 Å². The van der Waals surface area contributed by atoms with Crippen LogP contribution in [-0.4, -0.2) is 17.9 Å². The Bertz CT molecular complexity index is 1160. The molecule has 0 aliphatic rings. The fraction of sp³-hybridized carbons (Fsp3) is 0.115. The Morgan fingerprint density at radius 2 is 1.47 bits per heavy atom. The lowest BCUT2D eigenvalue weighted by molar-refractivity contribution is 0.414. The van der Waals surface area contributed by atoms with Crippen LogP contribution in [0.5, 0.6) is 17.2 Å². The van der Waals surface area contributed by atoms with Crippen LogP contribution in [0, 0.1) is 13.8 Å². The highest BCUT2D eigenvalue weighted by atomic mass is 16.5. The Balaban J connectivity index is 1.52. The number of ether oxygens (including phenoxy) is 2. The Labute approximate surface area is 177 Å². The number of nitrogens with zero attached hydrogens (tertiary/aromatic N) is 2. The zero-order chi connectivity index (χ0) is 20.9. The van der Waals surface area contributed by atoms with E-state index in [0.29, 0.717) is 0 Å². The number of aliphatic imine (C=N–C) groups is 1. The summed E-state index contributed by atoms with van der Waals surface area (Å²) in [5, 5.41) is 0. The summed E-state index contributed by atoms with van der Waals surface area (Å²) in [5.74, 6) is 2.49. The number of para-hydroxylation sites is 1. The SMILES string of the molecule is COc1ccc(-n2c(C)ccc2C=Nc2ccc(Oc3ccccc3C)cc2)cc1. The standard InChI is InChI=1S/C26H24N2O2/c1-19-6-4-5-7-26(19)30-25-14-9-21(10-15-25)27-18-23-11-8-20(2)28(23)22-12-16-24(29-3)17-13-22/h4-18H,1-3H3. The molecule has 0 atom stereocenters. The maximum atomic E-state index is 5.96. The van der Waals surface area contributed by atoms with Crippen LogP contribution >= 0.6 is 0 Å². The monoisotopic (exact) mass is 396 g/mol. The molecule has 0 radical (unpaired) electrons. The lowest BCUT2D eigenvalue weighted by atomic mass is 10.2. The van der Waals surface area contributed by atoms with Gasteiger partial charge in [0.1, 0.15) is 17.2 Å². The summed E-state index contributed by atoms with van der Waals surface area (Å²) in [6.07, 6.45) is 1.88. The smallest absolute Gasteiger partial charge is 0.130 e. The van der Waals surface area contributed by atoms with Crippen molar-refractivity contribution in [2.75, 3.05) is 7.11 Å². The minimum Gasteiger partial charge on any atom is -0.497 e. The number of benzene rings is 3. The molecule has 1 aromatic heterocycles. The first-order valence-corrected chi connectivity index (χ1v) is 9.84. The molecule has 4 heteroatoms. The van der Waals surface area contributed by atoms with Crippen molar-refractivity contribution >= 4 is 11.9 Å². The number of methoxy groups -OCH3 is 1. The molecule has 0 aliphatic carbocycles. The third kappa shape index (κ3) is 4.28. The molecule has 0 spiro atoms. The van der Waals surface area contributed by atoms with Crippen molar-refractivity contribution in [2.45, 2.75) is 13.8 Å². The van der Waals surface area contributed by atoms with Gasteiger partial charge in [-0.05, 0) is 86.1 Å². The highest BCUT2D eigenvalue weighted by Gasteiger charge is 2.06. The van der Waals surface area contributed by atoms with Gasteiger partial charge in [0.15, 0.2) is 0 Å². The van der Waals surface area contributed by atoms with Gasteiger partial charge in [-0.2, -0.15) is 0 Å². The van der Waals surface area contributed by atoms with Crippen LogP contribution in [-0.2, 0) is 0 Å². The van der Waals surface area contributed by atoms with Crippen molar-refractivity contribution in [3.8, 4) is 22.9 Å². The van der Waals surface area contributed by atoms with Gasteiger partial charge in [0, 0.05) is 11.4 Å². The van der Waals surface area contributed by atoms with E-state index in [1.807, 2.05) is 85.9 Å². The molecular weight excluding hydrogens is 372 g/mol. The highest BCUT2D eigenvalue weighted by molar-refractivity contribution is 5.81. The number of rotatable bonds is 6. The molecule has 30 heavy (non-hydrogen) atoms. The number of hydrogen-bond acceptors (Lipinski definition) is 3. The average molecular weight is 396 g/mol. The summed E-state index contributed by atoms with van der Waals surface area (Å²) >= 11 is 0. The lowest BCUT2D eigenvalue weighted by Gasteiger charge is -2.10. The van der Waals surface area contributed by atoms with Gasteiger partial charge in [-0.3, -0.25) is 4.99 Å². The molecule has 3 aromatic carbocycles. The topological polar surface area (TPSA) is 35.8 Å². The summed E-state index contributed by atoms with van der Waals surface area (Å²) in [6, 6.07) is 27.9. The fourth-order valence-corrected chi connectivity index (χ4v) is 3.28. The van der Waals surface area contributed by atoms with Crippen molar-refractivity contribution in [3.63, 3.8) is 0 Å². The molecule has 0 unspecified atom stereocenters. The third-order valence-electron chi connectivity index (χ3n) is 4.94. The van der Waals surface area contributed by atoms with E-state index in [1.54, 1.807) is 7.11 Å². The number of aromatic nitrogens is 1. The van der Waals surface area contributed by atoms with Gasteiger partial charge in [-0.15, -0.1) is 0 Å². The van der Waals surface area contributed by atoms with E-state index >= 15 is 0 Å². The molecular formula is C26H24N2O2. The second-order valence-electron chi connectivity index (χ2n) is 7.05. The second kappa shape index (κ2) is 8.70. The van der Waals surface area contributed by atoms with Crippen LogP contribution in [0.1, 0.15) is 17.0 Å². The van der Waals surface area contributed by atoms with E-state index in [4.69, 9.17) is 9.47 Å². The Morgan fingerprint density at radius 1 is 0.767 bits per heavy atom. The molecule has 0 bridgehead atoms. The fourth-order valence-electron chi connectivity index (χ4n) is 3.28. The number of hydrogen-bond donors (Lipinski definition) is 0. The molecule has 0 saturated heterocycles. The third-order valence-corrected chi connectivity index (χ3v) is 4.94. The Kier molecular flexibility index (Phi) is 5.66. The average Bonchev–Trinajstić information content (AvgIpc) is 3.15. The van der Waals surface area contributed by atoms with E-state index in [-0.39, 0.29) is 0 Å². The minimum absolute atomic E-state index is 0.792. The quantitative estimate of drug-likeness (QED) is 0.342. The van der Waals surface area contributed by atoms with Gasteiger partial charge in [-0.25, -0.2) is 0 Å². The van der Waals surface area contributed by atoms with Crippen LogP contribution in [0.15, 0.2) is 89.9 Å². The number of aryl methyl sites for hydroxylation is 2. The maximum Gasteiger partial charge on any atom is 0.130 e. The molecule has 4 rings (SSSR count). The van der Waals surface area contributed by atoms with Gasteiger partial charge >= 0.3 is 0 Å². The van der Waals surface area contributed by atoms with Crippen LogP contribution in [0.25, 0.3) is 5.69 Å². The molecule has 0 fully saturated rings. The first-order valence-electron chi connectivity index (χ1n) is 9.84. The first-order chi connectivity index (χ1) is 14.6. The summed E-state index contributed by atoms with van der Waals surface area (Å²) in [4.78, 5) is 4.65. The predicted molar refractivity (Wildman–Crippen MR) is 122 cm³/mol. The molecule has 4 aromatic rings. The van der Waals surface area contributed by atoms with E-state index in [0.717, 1.165) is 45.6 Å². The van der Waals surface area contributed by atoms with Crippen molar-refractivity contribution in [3.05, 3.63) is 102 Å². The zero-order valence-corrected chi connectivity index (χ0v) is 17.4. The molecule has 4 nitrogen and oxygen atoms in total. The molecule has 0 N–H and O–H groups in total. The first kappa shape index (κ1) is 19.5. The molecule has 0 amide bonds. The molecule has 0 aliphatic heterocycles. The van der Waals surface area contributed by atoms with Crippen LogP contribution in [0.4, 0.5) is 5.69 Å². The van der Waals surface area contributed by atoms with Crippen molar-refractivity contribution < 1.29 is 9.47 Å². The van der Waals surface area contributed by atoms with E-state index in [2.05, 4.69) is 28.6 Å². The van der Waals surface area contributed by atoms with Gasteiger partial charge < -0.3 is 14.0 Å². The summed E-state index contributed by atoms with van der Waals surface area (Å²) in [5.41, 5.74) is 5.20. The van der Waals surface area contributed by atoms with E-state index in [1.165, 1.54) is 0 Å². The van der Waals surface area contributed by atoms with Gasteiger partial charge in [0.05, 0.1) is 24.7 Å². The molecule has 0 saturated carbocycles. The second-order valence-corrected chi connectivity index (χ2v) is 7.05. The van der Waals surface area contributed by atoms with Crippen LogP contribution in [0.3, 0.4) is 0 Å². The Morgan fingerprint density at radius 3 is 2.17 bits per heavy atom. The van der Waals surface area contributed by atoms with Gasteiger partial charge in [0.2, 0.25) is 0 Å². The molecule has 150 valence electrons. The summed E-state index contributed by atoms with van der Waals surface area (Å²) in [6.45, 7) is 4.12. The highest BCUT2D eigenvalue weighted by Crippen LogP contribution is 2.26. The van der Waals surface area contributed by atoms with Crippen LogP contribution < -0.4 is 9.47 Å². The van der Waals surface area contributed by atoms with Crippen molar-refractivity contribution in [1.82, 2.24) is 4.57 Å². The van der Waals surface area contributed by atoms with E-state index < -0.39 is 0 Å². The van der Waals surface area contributed by atoms with Crippen molar-refractivity contribution in [2.24, 2.45) is 4.99 Å². The summed E-state index contributed by atoms with van der Waals surface area (Å²) < 4.78 is 13.4. The predicted octanol–water partition coefficient (Wildman–Crippen LogP) is 6.65. The Hall–Kier alpha value is -3.79. The lowest BCUT2D eigenvalue weighted by Crippen LogP contribution is -2.01. The molecule has 1 heterocycles. The van der Waals surface area contributed by atoms with Gasteiger partial charge in [-0.1, -0.05) is 18.2 Å². The normalized spacial score (nSPS) is 11.0. The van der Waals surface area contributed by atoms with Crippen LogP contribution in [0.2, 0.25) is 0 Å². The van der Waals surface area contributed by atoms with Crippen molar-refractivity contribution in [1.29, 1.82) is 0 Å². The van der Waals surface area contributed by atoms with E-state index in [9.17, 15) is 0 Å². The minimum atomic E-state index is 0.792. The largest absolute Gasteiger partial charge is 0.497 e. The summed E-state index contributed by atoms with van der Waals surface area (Å²) in [7, 11) is 1.67. The maximum absolute atomic E-state index is 5.96.